The van der Waals surface area contributed by atoms with E-state index in [2.05, 4.69) is 5.16 Å². The first-order valence-electron chi connectivity index (χ1n) is 9.90. The van der Waals surface area contributed by atoms with Gasteiger partial charge in [0.2, 0.25) is 11.6 Å². The standard InChI is InChI=1S/C22H22N2O8/c1-8(25)14-19(28)17(23-32)11-7-9-6-10-12(24(2)3)4-5-13(26)16(10)18(27)15(9)21(30)22(11,31)20(14)29/h4-5,9,11,26-28,31-32H,6-7H2,1-3H3/b23-17+/t9?,11?,22-/m1/s1. The van der Waals surface area contributed by atoms with Crippen molar-refractivity contribution in [1.29, 1.82) is 0 Å². The number of anilines is 1. The third-order valence-corrected chi connectivity index (χ3v) is 6.56. The van der Waals surface area contributed by atoms with E-state index >= 15 is 0 Å². The zero-order chi connectivity index (χ0) is 23.7. The van der Waals surface area contributed by atoms with Crippen LogP contribution in [0.25, 0.3) is 5.76 Å². The third-order valence-electron chi connectivity index (χ3n) is 6.56. The summed E-state index contributed by atoms with van der Waals surface area (Å²) >= 11 is 0. The van der Waals surface area contributed by atoms with Crippen LogP contribution in [0.15, 0.2) is 34.2 Å². The fraction of sp³-hybridized carbons (Fsp3) is 0.364. The Kier molecular flexibility index (Phi) is 4.67. The first-order chi connectivity index (χ1) is 15.0. The fourth-order valence-corrected chi connectivity index (χ4v) is 5.11. The van der Waals surface area contributed by atoms with Crippen LogP contribution in [-0.2, 0) is 20.8 Å². The van der Waals surface area contributed by atoms with Gasteiger partial charge in [0.1, 0.15) is 22.8 Å². The number of phenols is 1. The van der Waals surface area contributed by atoms with Gasteiger partial charge in [0, 0.05) is 25.4 Å². The van der Waals surface area contributed by atoms with E-state index in [1.54, 1.807) is 25.1 Å². The van der Waals surface area contributed by atoms with E-state index in [4.69, 9.17) is 0 Å². The lowest BCUT2D eigenvalue weighted by Gasteiger charge is -2.45. The average molecular weight is 442 g/mol. The van der Waals surface area contributed by atoms with E-state index in [9.17, 15) is 40.0 Å². The number of aromatic hydroxyl groups is 1. The maximum absolute atomic E-state index is 13.5. The van der Waals surface area contributed by atoms with Gasteiger partial charge in [-0.05, 0) is 43.4 Å². The summed E-state index contributed by atoms with van der Waals surface area (Å²) in [6.45, 7) is 0.965. The zero-order valence-electron chi connectivity index (χ0n) is 17.6. The Bertz CT molecular complexity index is 1190. The van der Waals surface area contributed by atoms with Crippen LogP contribution in [0.5, 0.6) is 5.75 Å². The molecule has 3 atom stereocenters. The molecule has 5 N–H and O–H groups in total. The molecule has 0 aromatic heterocycles. The van der Waals surface area contributed by atoms with Crippen LogP contribution in [0, 0.1) is 11.8 Å². The number of aliphatic hydroxyl groups is 3. The van der Waals surface area contributed by atoms with Crippen LogP contribution in [0.4, 0.5) is 5.69 Å². The van der Waals surface area contributed by atoms with Crippen molar-refractivity contribution in [1.82, 2.24) is 0 Å². The highest BCUT2D eigenvalue weighted by atomic mass is 16.4. The van der Waals surface area contributed by atoms with E-state index in [-0.39, 0.29) is 29.7 Å². The van der Waals surface area contributed by atoms with Gasteiger partial charge in [0.25, 0.3) is 0 Å². The number of hydrogen-bond acceptors (Lipinski definition) is 10. The summed E-state index contributed by atoms with van der Waals surface area (Å²) in [5, 5.41) is 55.6. The Balaban J connectivity index is 1.98. The number of benzene rings is 1. The summed E-state index contributed by atoms with van der Waals surface area (Å²) in [5.74, 6) is -7.26. The third kappa shape index (κ3) is 2.56. The molecule has 3 aliphatic carbocycles. The summed E-state index contributed by atoms with van der Waals surface area (Å²) in [7, 11) is 3.55. The molecule has 0 saturated heterocycles. The predicted molar refractivity (Wildman–Crippen MR) is 112 cm³/mol. The number of carbonyl (C=O) groups excluding carboxylic acids is 3. The molecule has 4 rings (SSSR count). The topological polar surface area (TPSA) is 168 Å². The van der Waals surface area contributed by atoms with Gasteiger partial charge in [-0.3, -0.25) is 14.4 Å². The van der Waals surface area contributed by atoms with Crippen molar-refractivity contribution in [3.63, 3.8) is 0 Å². The zero-order valence-corrected chi connectivity index (χ0v) is 17.6. The molecule has 0 heterocycles. The lowest BCUT2D eigenvalue weighted by atomic mass is 9.58. The van der Waals surface area contributed by atoms with Gasteiger partial charge in [-0.1, -0.05) is 5.16 Å². The first-order valence-corrected chi connectivity index (χ1v) is 9.90. The van der Waals surface area contributed by atoms with E-state index in [1.807, 2.05) is 0 Å². The lowest BCUT2D eigenvalue weighted by molar-refractivity contribution is -0.153. The molecule has 1 fully saturated rings. The number of rotatable bonds is 2. The molecule has 10 nitrogen and oxygen atoms in total. The highest BCUT2D eigenvalue weighted by Gasteiger charge is 2.64. The van der Waals surface area contributed by atoms with E-state index in [1.165, 1.54) is 6.07 Å². The number of oxime groups is 1. The molecule has 32 heavy (non-hydrogen) atoms. The second-order valence-corrected chi connectivity index (χ2v) is 8.49. The number of carbonyl (C=O) groups is 3. The van der Waals surface area contributed by atoms with Gasteiger partial charge in [-0.25, -0.2) is 0 Å². The number of ketones is 3. The van der Waals surface area contributed by atoms with Crippen LogP contribution in [0.1, 0.15) is 24.5 Å². The summed E-state index contributed by atoms with van der Waals surface area (Å²) < 4.78 is 0. The van der Waals surface area contributed by atoms with Crippen molar-refractivity contribution < 1.29 is 40.0 Å². The van der Waals surface area contributed by atoms with Crippen LogP contribution < -0.4 is 4.90 Å². The smallest absolute Gasteiger partial charge is 0.210 e. The molecular formula is C22H22N2O8. The quantitative estimate of drug-likeness (QED) is 0.194. The normalized spacial score (nSPS) is 28.4. The molecule has 2 unspecified atom stereocenters. The van der Waals surface area contributed by atoms with Crippen molar-refractivity contribution in [2.24, 2.45) is 17.0 Å². The van der Waals surface area contributed by atoms with Crippen molar-refractivity contribution in [2.45, 2.75) is 25.4 Å². The number of allylic oxidation sites excluding steroid dienone is 1. The number of fused-ring (bicyclic) bond motifs is 3. The molecule has 0 bridgehead atoms. The molecule has 0 spiro atoms. The Hall–Kier alpha value is -3.66. The summed E-state index contributed by atoms with van der Waals surface area (Å²) in [6, 6.07) is 3.03. The van der Waals surface area contributed by atoms with E-state index < -0.39 is 57.6 Å². The van der Waals surface area contributed by atoms with Gasteiger partial charge in [0.15, 0.2) is 17.1 Å². The van der Waals surface area contributed by atoms with Crippen LogP contribution in [0.2, 0.25) is 0 Å². The van der Waals surface area contributed by atoms with Crippen molar-refractivity contribution in [2.75, 3.05) is 19.0 Å². The molecule has 1 saturated carbocycles. The largest absolute Gasteiger partial charge is 0.507 e. The number of hydrogen-bond donors (Lipinski definition) is 5. The Morgan fingerprint density at radius 2 is 1.78 bits per heavy atom. The number of phenolic OH excluding ortho intramolecular Hbond substituents is 1. The van der Waals surface area contributed by atoms with Crippen molar-refractivity contribution in [3.05, 3.63) is 40.2 Å². The van der Waals surface area contributed by atoms with Crippen LogP contribution >= 0.6 is 0 Å². The molecule has 3 aliphatic rings. The van der Waals surface area contributed by atoms with Crippen LogP contribution in [0.3, 0.4) is 0 Å². The Morgan fingerprint density at radius 3 is 2.34 bits per heavy atom. The van der Waals surface area contributed by atoms with Gasteiger partial charge < -0.3 is 30.5 Å². The van der Waals surface area contributed by atoms with E-state index in [0.29, 0.717) is 11.3 Å². The maximum Gasteiger partial charge on any atom is 0.210 e. The minimum atomic E-state index is -2.85. The SMILES string of the molecule is CC(=O)C1=C(O)/C(=N/O)C2CC3Cc4c(N(C)C)ccc(O)c4C(O)=C3C(=O)[C@]2(O)C1=O. The summed E-state index contributed by atoms with van der Waals surface area (Å²) in [5.41, 5.74) is -3.21. The highest BCUT2D eigenvalue weighted by molar-refractivity contribution is 6.38. The molecule has 0 amide bonds. The second kappa shape index (κ2) is 6.92. The van der Waals surface area contributed by atoms with Gasteiger partial charge >= 0.3 is 0 Å². The van der Waals surface area contributed by atoms with Crippen LogP contribution in [-0.4, -0.2) is 68.4 Å². The molecule has 0 radical (unpaired) electrons. The average Bonchev–Trinajstić information content (AvgIpc) is 2.70. The van der Waals surface area contributed by atoms with Gasteiger partial charge in [-0.2, -0.15) is 0 Å². The number of aliphatic hydroxyl groups excluding tert-OH is 2. The van der Waals surface area contributed by atoms with E-state index in [0.717, 1.165) is 6.92 Å². The monoisotopic (exact) mass is 442 g/mol. The number of nitrogens with zero attached hydrogens (tertiary/aromatic N) is 2. The predicted octanol–water partition coefficient (Wildman–Crippen LogP) is 1.03. The molecule has 1 aromatic carbocycles. The minimum absolute atomic E-state index is 0.0299. The summed E-state index contributed by atoms with van der Waals surface area (Å²) in [6.07, 6.45) is 0.0376. The summed E-state index contributed by atoms with van der Waals surface area (Å²) in [4.78, 5) is 40.3. The fourth-order valence-electron chi connectivity index (χ4n) is 5.11. The lowest BCUT2D eigenvalue weighted by Crippen LogP contribution is -2.63. The molecular weight excluding hydrogens is 420 g/mol. The van der Waals surface area contributed by atoms with Crippen molar-refractivity contribution in [3.8, 4) is 5.75 Å². The minimum Gasteiger partial charge on any atom is -0.507 e. The molecule has 1 aromatic rings. The van der Waals surface area contributed by atoms with Gasteiger partial charge in [0.05, 0.1) is 11.5 Å². The maximum atomic E-state index is 13.5. The van der Waals surface area contributed by atoms with Gasteiger partial charge in [-0.15, -0.1) is 0 Å². The van der Waals surface area contributed by atoms with Crippen molar-refractivity contribution >= 4 is 34.5 Å². The second-order valence-electron chi connectivity index (χ2n) is 8.49. The first kappa shape index (κ1) is 21.6. The molecule has 10 heteroatoms. The Morgan fingerprint density at radius 1 is 1.12 bits per heavy atom. The Labute approximate surface area is 182 Å². The highest BCUT2D eigenvalue weighted by Crippen LogP contribution is 2.51. The number of Topliss-reactive ketones (excluding diaryl/α,β-unsaturated/α-hetero) is 3. The molecule has 168 valence electrons. The molecule has 0 aliphatic heterocycles.